The third-order valence-electron chi connectivity index (χ3n) is 4.42. The van der Waals surface area contributed by atoms with Gasteiger partial charge in [0.1, 0.15) is 5.82 Å². The van der Waals surface area contributed by atoms with E-state index >= 15 is 0 Å². The van der Waals surface area contributed by atoms with Crippen LogP contribution in [0.1, 0.15) is 45.7 Å². The second kappa shape index (κ2) is 7.77. The molecule has 0 radical (unpaired) electrons. The molecule has 1 N–H and O–H groups in total. The molecule has 3 nitrogen and oxygen atoms in total. The summed E-state index contributed by atoms with van der Waals surface area (Å²) in [4.78, 5) is 11.8. The molecule has 1 aromatic rings. The largest absolute Gasteiger partial charge is 0.414 e. The van der Waals surface area contributed by atoms with Crippen molar-refractivity contribution in [1.82, 2.24) is 5.32 Å². The Bertz CT molecular complexity index is 558. The van der Waals surface area contributed by atoms with E-state index in [4.69, 9.17) is 16.0 Å². The lowest BCUT2D eigenvalue weighted by Crippen LogP contribution is -2.43. The molecule has 0 saturated heterocycles. The van der Waals surface area contributed by atoms with E-state index in [9.17, 15) is 9.18 Å². The van der Waals surface area contributed by atoms with Gasteiger partial charge in [0.15, 0.2) is 8.32 Å². The standard InChI is InChI=1S/C17H27ClFNO2Si/c1-7-16(21)20-15(11-22-23(5,6)17(2,3)4)12-8-9-13(18)14(19)10-12/h8-10,15H,7,11H2,1-6H3,(H,20,21)/t15-/m1/s1. The average molecular weight is 360 g/mol. The van der Waals surface area contributed by atoms with Crippen LogP contribution in [0, 0.1) is 5.82 Å². The fourth-order valence-electron chi connectivity index (χ4n) is 1.75. The SMILES string of the molecule is CCC(=O)N[C@H](CO[Si](C)(C)C(C)(C)C)c1ccc(Cl)c(F)c1. The Balaban J connectivity index is 2.97. The Morgan fingerprint density at radius 1 is 1.39 bits per heavy atom. The van der Waals surface area contributed by atoms with Crippen molar-refractivity contribution in [3.05, 3.63) is 34.6 Å². The lowest BCUT2D eigenvalue weighted by atomic mass is 10.1. The zero-order chi connectivity index (χ0) is 17.8. The lowest BCUT2D eigenvalue weighted by molar-refractivity contribution is -0.121. The fourth-order valence-corrected chi connectivity index (χ4v) is 2.89. The molecule has 6 heteroatoms. The predicted octanol–water partition coefficient (Wildman–Crippen LogP) is 5.07. The van der Waals surface area contributed by atoms with Crippen LogP contribution in [0.5, 0.6) is 0 Å². The van der Waals surface area contributed by atoms with Crippen LogP contribution in [0.3, 0.4) is 0 Å². The van der Waals surface area contributed by atoms with E-state index in [2.05, 4.69) is 39.2 Å². The Kier molecular flexibility index (Phi) is 6.80. The number of nitrogens with one attached hydrogen (secondary N) is 1. The first-order valence-corrected chi connectivity index (χ1v) is 11.1. The van der Waals surface area contributed by atoms with Crippen molar-refractivity contribution in [1.29, 1.82) is 0 Å². The molecule has 0 aliphatic carbocycles. The normalized spacial score (nSPS) is 13.7. The summed E-state index contributed by atoms with van der Waals surface area (Å²) in [5, 5.41) is 3.04. The maximum absolute atomic E-state index is 13.7. The van der Waals surface area contributed by atoms with Crippen LogP contribution in [-0.2, 0) is 9.22 Å². The molecule has 23 heavy (non-hydrogen) atoms. The van der Waals surface area contributed by atoms with Crippen molar-refractivity contribution < 1.29 is 13.6 Å². The van der Waals surface area contributed by atoms with Gasteiger partial charge < -0.3 is 9.74 Å². The average Bonchev–Trinajstić information content (AvgIpc) is 2.45. The molecule has 130 valence electrons. The second-order valence-electron chi connectivity index (χ2n) is 7.22. The first-order chi connectivity index (χ1) is 10.5. The van der Waals surface area contributed by atoms with Crippen molar-refractivity contribution in [2.45, 2.75) is 58.3 Å². The molecular formula is C17H27ClFNO2Si. The Hall–Kier alpha value is -0.913. The number of carbonyl (C=O) groups is 1. The summed E-state index contributed by atoms with van der Waals surface area (Å²) in [5.41, 5.74) is 0.660. The minimum Gasteiger partial charge on any atom is -0.414 e. The highest BCUT2D eigenvalue weighted by Crippen LogP contribution is 2.37. The van der Waals surface area contributed by atoms with Crippen LogP contribution in [-0.4, -0.2) is 20.8 Å². The molecular weight excluding hydrogens is 333 g/mol. The number of amides is 1. The Morgan fingerprint density at radius 3 is 2.48 bits per heavy atom. The highest BCUT2D eigenvalue weighted by Gasteiger charge is 2.37. The molecule has 0 heterocycles. The molecule has 0 bridgehead atoms. The second-order valence-corrected chi connectivity index (χ2v) is 12.4. The summed E-state index contributed by atoms with van der Waals surface area (Å²) >= 11 is 5.74. The Labute approximate surface area is 144 Å². The predicted molar refractivity (Wildman–Crippen MR) is 95.7 cm³/mol. The van der Waals surface area contributed by atoms with E-state index in [1.807, 2.05) is 0 Å². The molecule has 1 aromatic carbocycles. The van der Waals surface area contributed by atoms with Gasteiger partial charge in [0, 0.05) is 6.42 Å². The lowest BCUT2D eigenvalue weighted by Gasteiger charge is -2.37. The number of rotatable bonds is 6. The summed E-state index contributed by atoms with van der Waals surface area (Å²) in [7, 11) is -1.96. The van der Waals surface area contributed by atoms with Crippen LogP contribution >= 0.6 is 11.6 Å². The maximum Gasteiger partial charge on any atom is 0.220 e. The van der Waals surface area contributed by atoms with Gasteiger partial charge in [-0.25, -0.2) is 4.39 Å². The summed E-state index contributed by atoms with van der Waals surface area (Å²) in [6.45, 7) is 12.9. The molecule has 1 rings (SSSR count). The van der Waals surface area contributed by atoms with Crippen molar-refractivity contribution in [2.75, 3.05) is 6.61 Å². The molecule has 0 unspecified atom stereocenters. The Morgan fingerprint density at radius 2 is 2.00 bits per heavy atom. The smallest absolute Gasteiger partial charge is 0.220 e. The summed E-state index contributed by atoms with van der Waals surface area (Å²) < 4.78 is 19.9. The van der Waals surface area contributed by atoms with E-state index < -0.39 is 14.1 Å². The van der Waals surface area contributed by atoms with E-state index in [1.165, 1.54) is 12.1 Å². The zero-order valence-corrected chi connectivity index (χ0v) is 16.6. The minimum atomic E-state index is -1.96. The van der Waals surface area contributed by atoms with Gasteiger partial charge in [-0.3, -0.25) is 4.79 Å². The van der Waals surface area contributed by atoms with Gasteiger partial charge in [0.25, 0.3) is 0 Å². The monoisotopic (exact) mass is 359 g/mol. The molecule has 1 amide bonds. The van der Waals surface area contributed by atoms with Crippen LogP contribution in [0.4, 0.5) is 4.39 Å². The third-order valence-corrected chi connectivity index (χ3v) is 9.23. The third kappa shape index (κ3) is 5.59. The molecule has 0 aliphatic heterocycles. The van der Waals surface area contributed by atoms with Crippen LogP contribution in [0.15, 0.2) is 18.2 Å². The van der Waals surface area contributed by atoms with Gasteiger partial charge >= 0.3 is 0 Å². The maximum atomic E-state index is 13.7. The number of hydrogen-bond acceptors (Lipinski definition) is 2. The van der Waals surface area contributed by atoms with Crippen LogP contribution in [0.25, 0.3) is 0 Å². The molecule has 0 saturated carbocycles. The summed E-state index contributed by atoms with van der Waals surface area (Å²) in [5.74, 6) is -0.587. The topological polar surface area (TPSA) is 38.3 Å². The summed E-state index contributed by atoms with van der Waals surface area (Å²) in [6.07, 6.45) is 0.368. The molecule has 0 spiro atoms. The van der Waals surface area contributed by atoms with E-state index in [0.29, 0.717) is 18.6 Å². The van der Waals surface area contributed by atoms with Gasteiger partial charge in [0.05, 0.1) is 17.7 Å². The van der Waals surface area contributed by atoms with Gasteiger partial charge in [-0.2, -0.15) is 0 Å². The number of hydrogen-bond donors (Lipinski definition) is 1. The molecule has 0 fully saturated rings. The van der Waals surface area contributed by atoms with Gasteiger partial charge in [-0.15, -0.1) is 0 Å². The van der Waals surface area contributed by atoms with Gasteiger partial charge in [-0.1, -0.05) is 45.4 Å². The number of benzene rings is 1. The van der Waals surface area contributed by atoms with Crippen LogP contribution in [0.2, 0.25) is 23.2 Å². The van der Waals surface area contributed by atoms with Crippen molar-refractivity contribution >= 4 is 25.8 Å². The van der Waals surface area contributed by atoms with Crippen molar-refractivity contribution in [2.24, 2.45) is 0 Å². The summed E-state index contributed by atoms with van der Waals surface area (Å²) in [6, 6.07) is 4.20. The highest BCUT2D eigenvalue weighted by atomic mass is 35.5. The first kappa shape index (κ1) is 20.1. The van der Waals surface area contributed by atoms with Crippen LogP contribution < -0.4 is 5.32 Å². The molecule has 0 aromatic heterocycles. The number of halogens is 2. The van der Waals surface area contributed by atoms with Crippen molar-refractivity contribution in [3.63, 3.8) is 0 Å². The number of carbonyl (C=O) groups excluding carboxylic acids is 1. The van der Waals surface area contributed by atoms with Gasteiger partial charge in [-0.05, 0) is 35.8 Å². The minimum absolute atomic E-state index is 0.0670. The molecule has 1 atom stereocenters. The van der Waals surface area contributed by atoms with Crippen molar-refractivity contribution in [3.8, 4) is 0 Å². The zero-order valence-electron chi connectivity index (χ0n) is 14.8. The van der Waals surface area contributed by atoms with E-state index in [1.54, 1.807) is 13.0 Å². The molecule has 0 aliphatic rings. The van der Waals surface area contributed by atoms with Gasteiger partial charge in [0.2, 0.25) is 5.91 Å². The van der Waals surface area contributed by atoms with E-state index in [0.717, 1.165) is 0 Å². The van der Waals surface area contributed by atoms with E-state index in [-0.39, 0.29) is 22.0 Å². The fraction of sp³-hybridized carbons (Fsp3) is 0.588. The first-order valence-electron chi connectivity index (χ1n) is 7.86. The highest BCUT2D eigenvalue weighted by molar-refractivity contribution is 6.74. The quantitative estimate of drug-likeness (QED) is 0.720.